The van der Waals surface area contributed by atoms with E-state index in [1.807, 2.05) is 54.4 Å². The predicted molar refractivity (Wildman–Crippen MR) is 269 cm³/mol. The lowest BCUT2D eigenvalue weighted by Crippen LogP contribution is -2.62. The summed E-state index contributed by atoms with van der Waals surface area (Å²) in [5.41, 5.74) is 6.14. The Balaban J connectivity index is 1.62. The van der Waals surface area contributed by atoms with Crippen molar-refractivity contribution in [1.29, 1.82) is 0 Å². The molecule has 20 heteroatoms. The minimum atomic E-state index is -2.31. The number of hydrogen-bond acceptors (Lipinski definition) is 19. The van der Waals surface area contributed by atoms with Crippen LogP contribution in [-0.2, 0) is 28.5 Å². The summed E-state index contributed by atoms with van der Waals surface area (Å²) in [6.45, 7) is 8.66. The highest BCUT2D eigenvalue weighted by Crippen LogP contribution is 2.39. The molecule has 4 heterocycles. The number of esters is 1. The Hall–Kier alpha value is -3.52. The quantitative estimate of drug-likeness (QED) is 0.158. The summed E-state index contributed by atoms with van der Waals surface area (Å²) < 4.78 is 23.9. The fourth-order valence-electron chi connectivity index (χ4n) is 9.50. The van der Waals surface area contributed by atoms with Gasteiger partial charge in [-0.3, -0.25) is 14.5 Å². The molecule has 0 aliphatic carbocycles. The fourth-order valence-corrected chi connectivity index (χ4v) is 9.50. The van der Waals surface area contributed by atoms with Gasteiger partial charge in [0.1, 0.15) is 12.2 Å². The van der Waals surface area contributed by atoms with E-state index in [-0.39, 0.29) is 57.7 Å². The summed E-state index contributed by atoms with van der Waals surface area (Å²) in [5, 5.41) is 120. The fraction of sp³-hybridized carbons (Fsp3) is 0.698. The number of rotatable bonds is 5. The van der Waals surface area contributed by atoms with Gasteiger partial charge >= 0.3 is 5.97 Å². The van der Waals surface area contributed by atoms with Crippen molar-refractivity contribution in [2.75, 3.05) is 39.3 Å². The summed E-state index contributed by atoms with van der Waals surface area (Å²) in [6, 6.07) is -1.14. The number of nitrogens with zero attached hydrogens (tertiary/aromatic N) is 2. The van der Waals surface area contributed by atoms with Gasteiger partial charge in [-0.25, -0.2) is 0 Å². The van der Waals surface area contributed by atoms with Crippen LogP contribution in [-0.4, -0.2) is 215 Å². The Kier molecular flexibility index (Phi) is 26.2. The highest BCUT2D eigenvalue weighted by Gasteiger charge is 2.52. The zero-order valence-electron chi connectivity index (χ0n) is 42.7. The summed E-state index contributed by atoms with van der Waals surface area (Å²) in [4.78, 5) is 30.7. The zero-order chi connectivity index (χ0) is 53.8. The first-order valence-corrected chi connectivity index (χ1v) is 25.7. The van der Waals surface area contributed by atoms with E-state index in [0.717, 1.165) is 0 Å². The SMILES string of the molecule is C[C@@H]1[C@H](O)[C@@H](C)\C=C/C=C\C=C/C=C\C=C/C=C\C=C\[C@H](O[C@H]2O[C@@H](C)[C@H](O)[C@@H](N)[C@H]2O)C[C@@H]2O[C@](O)(C[C@@H](O)[C@H](O)CC[C@@H](O)C[C@@H](O)C[C@@H](O)CC(=O)O[C@H]1C)C[C@H](O)[C@H]2C(=O)N1CCN(CCO)CC1. The van der Waals surface area contributed by atoms with Gasteiger partial charge < -0.3 is 85.8 Å². The first-order chi connectivity index (χ1) is 34.6. The minimum Gasteiger partial charge on any atom is -0.462 e. The van der Waals surface area contributed by atoms with Crippen molar-refractivity contribution in [2.45, 2.75) is 177 Å². The molecular formula is C53H85N3O17. The van der Waals surface area contributed by atoms with Crippen molar-refractivity contribution in [3.63, 3.8) is 0 Å². The number of piperazine rings is 1. The highest BCUT2D eigenvalue weighted by atomic mass is 16.7. The molecule has 20 nitrogen and oxygen atoms in total. The van der Waals surface area contributed by atoms with Gasteiger partial charge in [0.2, 0.25) is 5.91 Å². The van der Waals surface area contributed by atoms with E-state index < -0.39 is 140 Å². The molecule has 0 aromatic heterocycles. The standard InChI is InChI=1S/C53H85N3O17/c1-33-17-15-13-11-9-7-5-6-8-10-12-14-16-18-40(72-52-50(67)47(54)49(66)36(4)71-52)30-44-46(51(68)56-23-21-55(22-24-56)25-26-57)43(63)32-53(69,73-44)31-42(62)41(61)20-19-37(58)27-38(59)28-39(60)29-45(64)70-35(3)34(2)48(33)65/h5-18,33-44,46-50,52,57-63,65-67,69H,19-32,54H2,1-4H3/b6-5-,9-7-,10-8-,13-11-,14-12-,17-15-,18-16+/t33-,34-,35-,36-,37+,38+,39+,40-,41+,42+,43-,44-,46+,47+,48+,49-,50+,52+,53+/m0/s1. The summed E-state index contributed by atoms with van der Waals surface area (Å²) in [6.07, 6.45) is 4.77. The van der Waals surface area contributed by atoms with Gasteiger partial charge in [0.15, 0.2) is 12.1 Å². The number of ether oxygens (including phenoxy) is 4. The maximum absolute atomic E-state index is 14.4. The molecule has 73 heavy (non-hydrogen) atoms. The molecule has 2 bridgehead atoms. The molecule has 0 aromatic rings. The molecule has 3 saturated heterocycles. The Labute approximate surface area is 429 Å². The van der Waals surface area contributed by atoms with E-state index in [0.29, 0.717) is 19.6 Å². The summed E-state index contributed by atoms with van der Waals surface area (Å²) in [7, 11) is 0. The molecule has 414 valence electrons. The number of aliphatic hydroxyl groups excluding tert-OH is 10. The molecule has 19 atom stereocenters. The van der Waals surface area contributed by atoms with Gasteiger partial charge in [-0.15, -0.1) is 0 Å². The van der Waals surface area contributed by atoms with Crippen LogP contribution < -0.4 is 5.73 Å². The van der Waals surface area contributed by atoms with Gasteiger partial charge in [-0.2, -0.15) is 0 Å². The molecule has 3 fully saturated rings. The maximum Gasteiger partial charge on any atom is 0.308 e. The van der Waals surface area contributed by atoms with Crippen LogP contribution in [0.25, 0.3) is 0 Å². The number of hydrogen-bond donors (Lipinski definition) is 12. The molecule has 4 rings (SSSR count). The van der Waals surface area contributed by atoms with E-state index in [2.05, 4.69) is 0 Å². The molecule has 0 radical (unpaired) electrons. The Morgan fingerprint density at radius 3 is 1.85 bits per heavy atom. The molecule has 13 N–H and O–H groups in total. The molecule has 0 saturated carbocycles. The average Bonchev–Trinajstić information content (AvgIpc) is 3.32. The Morgan fingerprint density at radius 1 is 0.685 bits per heavy atom. The van der Waals surface area contributed by atoms with Gasteiger partial charge in [0, 0.05) is 63.8 Å². The second kappa shape index (κ2) is 30.9. The van der Waals surface area contributed by atoms with Crippen LogP contribution in [0.2, 0.25) is 0 Å². The van der Waals surface area contributed by atoms with Crippen molar-refractivity contribution < 1.29 is 84.7 Å². The first kappa shape index (κ1) is 62.0. The molecule has 4 aliphatic heterocycles. The lowest BCUT2D eigenvalue weighted by atomic mass is 9.81. The number of β-amino-alcohol motifs (C(OH)–C–C–N with tert-alkyl or cyclic N) is 1. The number of cyclic esters (lactones) is 1. The third-order valence-corrected chi connectivity index (χ3v) is 14.1. The number of allylic oxidation sites excluding steroid dienone is 12. The third kappa shape index (κ3) is 20.2. The third-order valence-electron chi connectivity index (χ3n) is 14.1. The molecule has 0 unspecified atom stereocenters. The molecular weight excluding hydrogens is 951 g/mol. The summed E-state index contributed by atoms with van der Waals surface area (Å²) >= 11 is 0. The van der Waals surface area contributed by atoms with Crippen molar-refractivity contribution in [1.82, 2.24) is 9.80 Å². The van der Waals surface area contributed by atoms with Crippen molar-refractivity contribution in [3.05, 3.63) is 85.1 Å². The number of carbonyl (C=O) groups excluding carboxylic acids is 2. The second-order valence-corrected chi connectivity index (χ2v) is 20.1. The number of aliphatic hydroxyl groups is 11. The number of carbonyl (C=O) groups is 2. The topological polar surface area (TPSA) is 326 Å². The largest absolute Gasteiger partial charge is 0.462 e. The number of amides is 1. The first-order valence-electron chi connectivity index (χ1n) is 25.7. The van der Waals surface area contributed by atoms with Crippen molar-refractivity contribution in [3.8, 4) is 0 Å². The van der Waals surface area contributed by atoms with E-state index >= 15 is 0 Å². The van der Waals surface area contributed by atoms with Crippen molar-refractivity contribution in [2.24, 2.45) is 23.5 Å². The molecule has 0 aromatic carbocycles. The van der Waals surface area contributed by atoms with Crippen LogP contribution in [0.15, 0.2) is 85.1 Å². The van der Waals surface area contributed by atoms with Gasteiger partial charge in [-0.1, -0.05) is 98.9 Å². The van der Waals surface area contributed by atoms with Crippen molar-refractivity contribution >= 4 is 11.9 Å². The molecule has 0 spiro atoms. The van der Waals surface area contributed by atoms with E-state index in [1.165, 1.54) is 0 Å². The van der Waals surface area contributed by atoms with Crippen LogP contribution >= 0.6 is 0 Å². The van der Waals surface area contributed by atoms with E-state index in [1.54, 1.807) is 68.2 Å². The molecule has 1 amide bonds. The predicted octanol–water partition coefficient (Wildman–Crippen LogP) is -0.236. The lowest BCUT2D eigenvalue weighted by molar-refractivity contribution is -0.309. The van der Waals surface area contributed by atoms with Crippen LogP contribution in [0, 0.1) is 17.8 Å². The zero-order valence-corrected chi connectivity index (χ0v) is 42.7. The smallest absolute Gasteiger partial charge is 0.308 e. The normalized spacial score (nSPS) is 43.4. The number of nitrogens with two attached hydrogens (primary N) is 1. The number of fused-ring (bicyclic) bond motifs is 2. The van der Waals surface area contributed by atoms with Gasteiger partial charge in [-0.05, 0) is 39.5 Å². The van der Waals surface area contributed by atoms with Gasteiger partial charge in [0.25, 0.3) is 0 Å². The highest BCUT2D eigenvalue weighted by molar-refractivity contribution is 5.80. The Bertz CT molecular complexity index is 1870. The summed E-state index contributed by atoms with van der Waals surface area (Å²) in [5.74, 6) is -5.52. The molecule has 4 aliphatic rings. The average molecular weight is 1040 g/mol. The maximum atomic E-state index is 14.4. The second-order valence-electron chi connectivity index (χ2n) is 20.1. The van der Waals surface area contributed by atoms with Gasteiger partial charge in [0.05, 0.1) is 92.1 Å². The minimum absolute atomic E-state index is 0.0555. The van der Waals surface area contributed by atoms with Crippen LogP contribution in [0.5, 0.6) is 0 Å². The van der Waals surface area contributed by atoms with Crippen LogP contribution in [0.3, 0.4) is 0 Å². The van der Waals surface area contributed by atoms with Crippen LogP contribution in [0.1, 0.15) is 79.1 Å². The Morgan fingerprint density at radius 2 is 1.25 bits per heavy atom. The lowest BCUT2D eigenvalue weighted by Gasteiger charge is -2.47. The van der Waals surface area contributed by atoms with E-state index in [9.17, 15) is 65.8 Å². The van der Waals surface area contributed by atoms with Crippen LogP contribution in [0.4, 0.5) is 0 Å². The monoisotopic (exact) mass is 1040 g/mol. The van der Waals surface area contributed by atoms with E-state index in [4.69, 9.17) is 24.7 Å².